The number of nitrogens with two attached hydrogens (primary N) is 1. The van der Waals surface area contributed by atoms with E-state index in [9.17, 15) is 9.90 Å². The smallest absolute Gasteiger partial charge is 0.334 e. The third kappa shape index (κ3) is 3.37. The van der Waals surface area contributed by atoms with Crippen molar-refractivity contribution in [1.82, 2.24) is 0 Å². The molecule has 0 unspecified atom stereocenters. The molecule has 0 aromatic heterocycles. The van der Waals surface area contributed by atoms with Crippen LogP contribution in [0.5, 0.6) is 5.75 Å². The second-order valence-corrected chi connectivity index (χ2v) is 3.08. The van der Waals surface area contributed by atoms with Crippen LogP contribution in [-0.2, 0) is 4.79 Å². The summed E-state index contributed by atoms with van der Waals surface area (Å²) >= 11 is 0. The molecule has 0 amide bonds. The molecule has 0 saturated heterocycles. The van der Waals surface area contributed by atoms with E-state index in [0.717, 1.165) is 0 Å². The summed E-state index contributed by atoms with van der Waals surface area (Å²) in [7, 11) is 1.53. The molecule has 0 fully saturated rings. The first-order valence-electron chi connectivity index (χ1n) is 4.36. The van der Waals surface area contributed by atoms with Crippen molar-refractivity contribution in [2.75, 3.05) is 7.11 Å². The number of carboxylic acid groups (broad SMARTS) is 1. The van der Waals surface area contributed by atoms with E-state index in [2.05, 4.69) is 0 Å². The Labute approximate surface area is 99.2 Å². The molecule has 0 aliphatic rings. The number of carboxylic acids is 1. The van der Waals surface area contributed by atoms with Gasteiger partial charge in [-0.05, 0) is 17.7 Å². The fourth-order valence-electron chi connectivity index (χ4n) is 1.16. The lowest BCUT2D eigenvalue weighted by atomic mass is 10.0. The first kappa shape index (κ1) is 14.7. The lowest BCUT2D eigenvalue weighted by Gasteiger charge is -2.15. The van der Waals surface area contributed by atoms with Crippen molar-refractivity contribution in [2.45, 2.75) is 12.1 Å². The van der Waals surface area contributed by atoms with Crippen LogP contribution in [0.1, 0.15) is 11.6 Å². The molecule has 5 nitrogen and oxygen atoms in total. The van der Waals surface area contributed by atoms with E-state index in [4.69, 9.17) is 15.6 Å². The molecule has 2 atom stereocenters. The van der Waals surface area contributed by atoms with Crippen molar-refractivity contribution in [3.63, 3.8) is 0 Å². The molecule has 90 valence electrons. The second-order valence-electron chi connectivity index (χ2n) is 3.08. The van der Waals surface area contributed by atoms with Crippen molar-refractivity contribution in [3.05, 3.63) is 29.8 Å². The quantitative estimate of drug-likeness (QED) is 0.723. The number of carbonyl (C=O) groups is 1. The molecule has 1 aromatic rings. The van der Waals surface area contributed by atoms with Gasteiger partial charge < -0.3 is 20.7 Å². The zero-order valence-electron chi connectivity index (χ0n) is 8.66. The van der Waals surface area contributed by atoms with Crippen LogP contribution in [0.15, 0.2) is 24.3 Å². The van der Waals surface area contributed by atoms with E-state index in [1.807, 2.05) is 0 Å². The number of aliphatic hydroxyl groups is 1. The summed E-state index contributed by atoms with van der Waals surface area (Å²) < 4.78 is 4.94. The third-order valence-corrected chi connectivity index (χ3v) is 2.09. The zero-order valence-corrected chi connectivity index (χ0v) is 9.48. The number of aliphatic carboxylic acids is 1. The van der Waals surface area contributed by atoms with Gasteiger partial charge in [0, 0.05) is 0 Å². The number of methoxy groups -OCH3 is 1. The normalized spacial score (nSPS) is 13.4. The van der Waals surface area contributed by atoms with Crippen molar-refractivity contribution in [3.8, 4) is 5.75 Å². The number of rotatable bonds is 4. The summed E-state index contributed by atoms with van der Waals surface area (Å²) in [5.41, 5.74) is 6.11. The molecule has 0 aliphatic carbocycles. The molecule has 6 heteroatoms. The van der Waals surface area contributed by atoms with Gasteiger partial charge in [-0.25, -0.2) is 4.79 Å². The Morgan fingerprint density at radius 1 is 1.38 bits per heavy atom. The van der Waals surface area contributed by atoms with Gasteiger partial charge in [0.15, 0.2) is 6.10 Å². The molecule has 0 spiro atoms. The van der Waals surface area contributed by atoms with Crippen LogP contribution >= 0.6 is 12.4 Å². The summed E-state index contributed by atoms with van der Waals surface area (Å²) in [4.78, 5) is 10.5. The van der Waals surface area contributed by atoms with Gasteiger partial charge in [0.05, 0.1) is 13.2 Å². The minimum Gasteiger partial charge on any atom is -0.497 e. The Morgan fingerprint density at radius 2 is 1.88 bits per heavy atom. The lowest BCUT2D eigenvalue weighted by Crippen LogP contribution is -2.33. The molecule has 1 rings (SSSR count). The van der Waals surface area contributed by atoms with E-state index >= 15 is 0 Å². The van der Waals surface area contributed by atoms with Crippen LogP contribution < -0.4 is 10.5 Å². The van der Waals surface area contributed by atoms with Crippen molar-refractivity contribution >= 4 is 18.4 Å². The number of hydrogen-bond acceptors (Lipinski definition) is 4. The fraction of sp³-hybridized carbons (Fsp3) is 0.300. The molecular formula is C10H14ClNO4. The van der Waals surface area contributed by atoms with E-state index < -0.39 is 18.1 Å². The zero-order chi connectivity index (χ0) is 11.4. The largest absolute Gasteiger partial charge is 0.497 e. The molecular weight excluding hydrogens is 234 g/mol. The number of halogens is 1. The fourth-order valence-corrected chi connectivity index (χ4v) is 1.16. The molecule has 0 saturated carbocycles. The first-order valence-corrected chi connectivity index (χ1v) is 4.36. The van der Waals surface area contributed by atoms with Gasteiger partial charge in [-0.3, -0.25) is 0 Å². The maximum Gasteiger partial charge on any atom is 0.334 e. The minimum atomic E-state index is -1.60. The highest BCUT2D eigenvalue weighted by Gasteiger charge is 2.23. The van der Waals surface area contributed by atoms with Gasteiger partial charge in [-0.15, -0.1) is 12.4 Å². The Hall–Kier alpha value is -1.30. The Bertz CT molecular complexity index is 341. The summed E-state index contributed by atoms with van der Waals surface area (Å²) in [6, 6.07) is 5.62. The van der Waals surface area contributed by atoms with Crippen molar-refractivity contribution < 1.29 is 19.7 Å². The molecule has 0 radical (unpaired) electrons. The van der Waals surface area contributed by atoms with E-state index in [1.54, 1.807) is 24.3 Å². The summed E-state index contributed by atoms with van der Waals surface area (Å²) in [5, 5.41) is 17.8. The molecule has 0 bridgehead atoms. The average Bonchev–Trinajstić information content (AvgIpc) is 2.27. The highest BCUT2D eigenvalue weighted by atomic mass is 35.5. The predicted octanol–water partition coefficient (Wildman–Crippen LogP) is 0.562. The molecule has 1 aromatic carbocycles. The summed E-state index contributed by atoms with van der Waals surface area (Å²) in [6.07, 6.45) is -1.60. The summed E-state index contributed by atoms with van der Waals surface area (Å²) in [6.45, 7) is 0. The highest BCUT2D eigenvalue weighted by Crippen LogP contribution is 2.18. The molecule has 0 heterocycles. The third-order valence-electron chi connectivity index (χ3n) is 2.09. The second kappa shape index (κ2) is 6.32. The Morgan fingerprint density at radius 3 is 2.25 bits per heavy atom. The van der Waals surface area contributed by atoms with E-state index in [1.165, 1.54) is 7.11 Å². The van der Waals surface area contributed by atoms with Gasteiger partial charge in [0.1, 0.15) is 5.75 Å². The van der Waals surface area contributed by atoms with Gasteiger partial charge in [-0.2, -0.15) is 0 Å². The number of hydrogen-bond donors (Lipinski definition) is 3. The van der Waals surface area contributed by atoms with Crippen molar-refractivity contribution in [2.24, 2.45) is 5.73 Å². The number of ether oxygens (including phenoxy) is 1. The van der Waals surface area contributed by atoms with Gasteiger partial charge >= 0.3 is 5.97 Å². The lowest BCUT2D eigenvalue weighted by molar-refractivity contribution is -0.147. The van der Waals surface area contributed by atoms with Crippen LogP contribution in [0.4, 0.5) is 0 Å². The van der Waals surface area contributed by atoms with Gasteiger partial charge in [0.2, 0.25) is 0 Å². The highest BCUT2D eigenvalue weighted by molar-refractivity contribution is 5.85. The Balaban J connectivity index is 0.00000225. The Kier molecular flexibility index (Phi) is 5.81. The predicted molar refractivity (Wildman–Crippen MR) is 60.8 cm³/mol. The van der Waals surface area contributed by atoms with E-state index in [0.29, 0.717) is 11.3 Å². The van der Waals surface area contributed by atoms with Crippen LogP contribution in [-0.4, -0.2) is 29.4 Å². The van der Waals surface area contributed by atoms with Crippen molar-refractivity contribution in [1.29, 1.82) is 0 Å². The SMILES string of the molecule is COc1ccc([C@@H](N)[C@@H](O)C(=O)O)cc1.Cl. The molecule has 4 N–H and O–H groups in total. The minimum absolute atomic E-state index is 0. The maximum atomic E-state index is 10.5. The average molecular weight is 248 g/mol. The standard InChI is InChI=1S/C10H13NO4.ClH/c1-15-7-4-2-6(3-5-7)8(11)9(12)10(13)14;/h2-5,8-9,12H,11H2,1H3,(H,13,14);1H/t8-,9-;/m1./s1. The summed E-state index contributed by atoms with van der Waals surface area (Å²) in [5.74, 6) is -0.686. The number of aliphatic hydroxyl groups excluding tert-OH is 1. The molecule has 0 aliphatic heterocycles. The topological polar surface area (TPSA) is 92.8 Å². The van der Waals surface area contributed by atoms with Gasteiger partial charge in [0.25, 0.3) is 0 Å². The van der Waals surface area contributed by atoms with E-state index in [-0.39, 0.29) is 12.4 Å². The van der Waals surface area contributed by atoms with Crippen LogP contribution in [0.25, 0.3) is 0 Å². The first-order chi connectivity index (χ1) is 7.06. The maximum absolute atomic E-state index is 10.5. The monoisotopic (exact) mass is 247 g/mol. The van der Waals surface area contributed by atoms with Gasteiger partial charge in [-0.1, -0.05) is 12.1 Å². The van der Waals surface area contributed by atoms with Crippen LogP contribution in [0, 0.1) is 0 Å². The van der Waals surface area contributed by atoms with Crippen LogP contribution in [0.2, 0.25) is 0 Å². The van der Waals surface area contributed by atoms with Crippen LogP contribution in [0.3, 0.4) is 0 Å². The molecule has 16 heavy (non-hydrogen) atoms. The number of benzene rings is 1.